The van der Waals surface area contributed by atoms with Gasteiger partial charge in [-0.25, -0.2) is 0 Å². The molecule has 5 heteroatoms. The van der Waals surface area contributed by atoms with E-state index in [-0.39, 0.29) is 0 Å². The molecule has 1 saturated heterocycles. The van der Waals surface area contributed by atoms with Gasteiger partial charge in [-0.3, -0.25) is 10.00 Å². The number of nitrogens with one attached hydrogen (secondary N) is 1. The standard InChI is InChI=1S/C28H31N5/c1-20-25(23-7-4-8-24(29)18-23)10-12-27-28(20)26(30-31-27)11-9-21-5-3-6-22(17-21)19-33-15-13-32(2)14-16-33/h3-12,17-18H,13-16,19,29H2,1-2H3,(H,30,31)/b11-9+. The average Bonchev–Trinajstić information content (AvgIpc) is 3.24. The number of fused-ring (bicyclic) bond motifs is 1. The number of anilines is 1. The van der Waals surface area contributed by atoms with Crippen molar-refractivity contribution in [1.82, 2.24) is 20.0 Å². The number of likely N-dealkylation sites (N-methyl/N-ethyl adjacent to an activating group) is 1. The van der Waals surface area contributed by atoms with Gasteiger partial charge in [0, 0.05) is 43.8 Å². The monoisotopic (exact) mass is 437 g/mol. The molecule has 0 atom stereocenters. The van der Waals surface area contributed by atoms with Crippen LogP contribution in [-0.4, -0.2) is 53.2 Å². The number of aromatic nitrogens is 2. The number of aromatic amines is 1. The first-order valence-corrected chi connectivity index (χ1v) is 11.6. The van der Waals surface area contributed by atoms with Crippen LogP contribution in [0.5, 0.6) is 0 Å². The first-order valence-electron chi connectivity index (χ1n) is 11.6. The van der Waals surface area contributed by atoms with Gasteiger partial charge in [0.15, 0.2) is 0 Å². The number of hydrogen-bond donors (Lipinski definition) is 2. The number of rotatable bonds is 5. The summed E-state index contributed by atoms with van der Waals surface area (Å²) < 4.78 is 0. The van der Waals surface area contributed by atoms with E-state index in [1.165, 1.54) is 22.3 Å². The molecule has 0 spiro atoms. The summed E-state index contributed by atoms with van der Waals surface area (Å²) in [6.07, 6.45) is 4.28. The third-order valence-corrected chi connectivity index (χ3v) is 6.60. The molecule has 1 aliphatic rings. The van der Waals surface area contributed by atoms with Crippen molar-refractivity contribution in [2.75, 3.05) is 39.0 Å². The van der Waals surface area contributed by atoms with E-state index in [1.54, 1.807) is 0 Å². The largest absolute Gasteiger partial charge is 0.399 e. The maximum atomic E-state index is 6.02. The molecule has 0 radical (unpaired) electrons. The van der Waals surface area contributed by atoms with Gasteiger partial charge >= 0.3 is 0 Å². The first-order chi connectivity index (χ1) is 16.1. The van der Waals surface area contributed by atoms with Crippen LogP contribution in [0.1, 0.15) is 22.4 Å². The molecule has 1 fully saturated rings. The van der Waals surface area contributed by atoms with Crippen LogP contribution in [0.4, 0.5) is 5.69 Å². The highest BCUT2D eigenvalue weighted by atomic mass is 15.2. The summed E-state index contributed by atoms with van der Waals surface area (Å²) in [4.78, 5) is 4.93. The Labute approximate surface area is 195 Å². The highest BCUT2D eigenvalue weighted by molar-refractivity contribution is 5.96. The number of nitrogen functional groups attached to an aromatic ring is 1. The highest BCUT2D eigenvalue weighted by Crippen LogP contribution is 2.32. The molecule has 3 N–H and O–H groups in total. The fraction of sp³-hybridized carbons (Fsp3) is 0.250. The molecule has 0 aliphatic carbocycles. The van der Waals surface area contributed by atoms with Crippen molar-refractivity contribution >= 4 is 28.7 Å². The van der Waals surface area contributed by atoms with Crippen LogP contribution in [0.25, 0.3) is 34.2 Å². The second kappa shape index (κ2) is 9.22. The van der Waals surface area contributed by atoms with E-state index in [9.17, 15) is 0 Å². The number of benzene rings is 3. The Kier molecular flexibility index (Phi) is 5.99. The van der Waals surface area contributed by atoms with Crippen molar-refractivity contribution in [3.05, 3.63) is 83.0 Å². The third kappa shape index (κ3) is 4.70. The Morgan fingerprint density at radius 1 is 0.970 bits per heavy atom. The molecule has 5 rings (SSSR count). The molecule has 1 aromatic heterocycles. The summed E-state index contributed by atoms with van der Waals surface area (Å²) in [5.41, 5.74) is 14.9. The Morgan fingerprint density at radius 2 is 1.79 bits per heavy atom. The van der Waals surface area contributed by atoms with Crippen LogP contribution in [0.2, 0.25) is 0 Å². The number of H-pyrrole nitrogens is 1. The maximum Gasteiger partial charge on any atom is 0.0930 e. The van der Waals surface area contributed by atoms with Gasteiger partial charge in [0.05, 0.1) is 11.2 Å². The molecule has 5 nitrogen and oxygen atoms in total. The summed E-state index contributed by atoms with van der Waals surface area (Å²) >= 11 is 0. The van der Waals surface area contributed by atoms with Crippen LogP contribution in [0.3, 0.4) is 0 Å². The highest BCUT2D eigenvalue weighted by Gasteiger charge is 2.14. The van der Waals surface area contributed by atoms with Crippen LogP contribution in [-0.2, 0) is 6.54 Å². The topological polar surface area (TPSA) is 61.2 Å². The average molecular weight is 438 g/mol. The third-order valence-electron chi connectivity index (χ3n) is 6.60. The van der Waals surface area contributed by atoms with Crippen LogP contribution in [0.15, 0.2) is 60.7 Å². The van der Waals surface area contributed by atoms with Gasteiger partial charge < -0.3 is 10.6 Å². The van der Waals surface area contributed by atoms with Crippen molar-refractivity contribution < 1.29 is 0 Å². The molecule has 0 unspecified atom stereocenters. The van der Waals surface area contributed by atoms with Gasteiger partial charge in [0.1, 0.15) is 0 Å². The Morgan fingerprint density at radius 3 is 2.61 bits per heavy atom. The van der Waals surface area contributed by atoms with Gasteiger partial charge in [-0.2, -0.15) is 5.10 Å². The fourth-order valence-corrected chi connectivity index (χ4v) is 4.69. The molecule has 0 saturated carbocycles. The lowest BCUT2D eigenvalue weighted by Crippen LogP contribution is -2.43. The molecular weight excluding hydrogens is 406 g/mol. The Bertz CT molecular complexity index is 1290. The number of hydrogen-bond acceptors (Lipinski definition) is 4. The molecular formula is C28H31N5. The van der Waals surface area contributed by atoms with E-state index >= 15 is 0 Å². The van der Waals surface area contributed by atoms with Gasteiger partial charge in [-0.1, -0.05) is 48.5 Å². The van der Waals surface area contributed by atoms with Crippen LogP contribution in [0, 0.1) is 6.92 Å². The summed E-state index contributed by atoms with van der Waals surface area (Å²) in [6, 6.07) is 21.1. The van der Waals surface area contributed by atoms with Crippen molar-refractivity contribution in [2.45, 2.75) is 13.5 Å². The second-order valence-corrected chi connectivity index (χ2v) is 9.05. The molecule has 3 aromatic carbocycles. The molecule has 0 amide bonds. The van der Waals surface area contributed by atoms with Crippen LogP contribution < -0.4 is 5.73 Å². The number of nitrogens with zero attached hydrogens (tertiary/aromatic N) is 3. The molecule has 4 aromatic rings. The van der Waals surface area contributed by atoms with E-state index < -0.39 is 0 Å². The first kappa shape index (κ1) is 21.4. The van der Waals surface area contributed by atoms with Crippen molar-refractivity contribution in [3.8, 4) is 11.1 Å². The minimum Gasteiger partial charge on any atom is -0.399 e. The summed E-state index contributed by atoms with van der Waals surface area (Å²) in [6.45, 7) is 7.70. The molecule has 168 valence electrons. The van der Waals surface area contributed by atoms with Gasteiger partial charge in [0.2, 0.25) is 0 Å². The normalized spacial score (nSPS) is 15.6. The summed E-state index contributed by atoms with van der Waals surface area (Å²) in [5, 5.41) is 8.94. The predicted molar refractivity (Wildman–Crippen MR) is 139 cm³/mol. The molecule has 0 bridgehead atoms. The fourth-order valence-electron chi connectivity index (χ4n) is 4.69. The SMILES string of the molecule is Cc1c(-c2cccc(N)c2)ccc2[nH]nc(/C=C/c3cccc(CN4CCN(C)CC4)c3)c12. The zero-order valence-corrected chi connectivity index (χ0v) is 19.4. The smallest absolute Gasteiger partial charge is 0.0930 e. The van der Waals surface area contributed by atoms with Gasteiger partial charge in [-0.15, -0.1) is 0 Å². The Balaban J connectivity index is 1.40. The molecule has 33 heavy (non-hydrogen) atoms. The quantitative estimate of drug-likeness (QED) is 0.430. The molecule has 2 heterocycles. The summed E-state index contributed by atoms with van der Waals surface area (Å²) in [5.74, 6) is 0. The van der Waals surface area contributed by atoms with E-state index in [2.05, 4.69) is 88.6 Å². The lowest BCUT2D eigenvalue weighted by Gasteiger charge is -2.32. The van der Waals surface area contributed by atoms with Crippen LogP contribution >= 0.6 is 0 Å². The van der Waals surface area contributed by atoms with E-state index in [0.29, 0.717) is 0 Å². The van der Waals surface area contributed by atoms with Gasteiger partial charge in [0.25, 0.3) is 0 Å². The van der Waals surface area contributed by atoms with E-state index in [1.807, 2.05) is 18.2 Å². The number of piperazine rings is 1. The van der Waals surface area contributed by atoms with Crippen molar-refractivity contribution in [2.24, 2.45) is 0 Å². The van der Waals surface area contributed by atoms with E-state index in [4.69, 9.17) is 5.73 Å². The lowest BCUT2D eigenvalue weighted by molar-refractivity contribution is 0.148. The second-order valence-electron chi connectivity index (χ2n) is 9.05. The summed E-state index contributed by atoms with van der Waals surface area (Å²) in [7, 11) is 2.20. The maximum absolute atomic E-state index is 6.02. The number of nitrogens with two attached hydrogens (primary N) is 1. The van der Waals surface area contributed by atoms with Crippen molar-refractivity contribution in [1.29, 1.82) is 0 Å². The van der Waals surface area contributed by atoms with Gasteiger partial charge in [-0.05, 0) is 66.1 Å². The molecule has 1 aliphatic heterocycles. The zero-order chi connectivity index (χ0) is 22.8. The number of aryl methyl sites for hydroxylation is 1. The predicted octanol–water partition coefficient (Wildman–Crippen LogP) is 5.04. The zero-order valence-electron chi connectivity index (χ0n) is 19.4. The van der Waals surface area contributed by atoms with Crippen molar-refractivity contribution in [3.63, 3.8) is 0 Å². The van der Waals surface area contributed by atoms with E-state index in [0.717, 1.165) is 60.6 Å². The lowest BCUT2D eigenvalue weighted by atomic mass is 9.96. The minimum atomic E-state index is 0.774. The Hall–Kier alpha value is -3.41. The minimum absolute atomic E-state index is 0.774.